The molecule has 2 heteroatoms. The first kappa shape index (κ1) is 8.35. The van der Waals surface area contributed by atoms with Gasteiger partial charge in [0, 0.05) is 19.0 Å². The highest BCUT2D eigenvalue weighted by molar-refractivity contribution is 6.18. The molecule has 0 atom stereocenters. The highest BCUT2D eigenvalue weighted by atomic mass is 35.5. The monoisotopic (exact) mass is 161 g/mol. The quantitative estimate of drug-likeness (QED) is 0.558. The van der Waals surface area contributed by atoms with Crippen molar-refractivity contribution in [3.63, 3.8) is 0 Å². The predicted octanol–water partition coefficient (Wildman–Crippen LogP) is 1.96. The van der Waals surface area contributed by atoms with Crippen LogP contribution in [0.1, 0.15) is 19.8 Å². The number of alkyl halides is 1. The van der Waals surface area contributed by atoms with Crippen LogP contribution in [-0.2, 0) is 0 Å². The molecule has 0 aliphatic heterocycles. The Morgan fingerprint density at radius 1 is 1.50 bits per heavy atom. The summed E-state index contributed by atoms with van der Waals surface area (Å²) in [6, 6.07) is 0. The summed E-state index contributed by atoms with van der Waals surface area (Å²) in [5.41, 5.74) is 0. The van der Waals surface area contributed by atoms with Crippen LogP contribution in [0.4, 0.5) is 0 Å². The maximum absolute atomic E-state index is 5.64. The van der Waals surface area contributed by atoms with Crippen LogP contribution in [0.5, 0.6) is 0 Å². The van der Waals surface area contributed by atoms with E-state index in [9.17, 15) is 0 Å². The van der Waals surface area contributed by atoms with Gasteiger partial charge in [-0.2, -0.15) is 0 Å². The molecule has 1 aliphatic carbocycles. The summed E-state index contributed by atoms with van der Waals surface area (Å²) in [4.78, 5) is 2.44. The normalized spacial score (nSPS) is 18.3. The molecule has 1 rings (SSSR count). The molecule has 0 spiro atoms. The van der Waals surface area contributed by atoms with Gasteiger partial charge in [0.25, 0.3) is 0 Å². The van der Waals surface area contributed by atoms with Crippen molar-refractivity contribution in [3.8, 4) is 0 Å². The topological polar surface area (TPSA) is 3.24 Å². The SMILES string of the molecule is CCN(CCCl)CC1CC1. The molecule has 1 saturated carbocycles. The number of rotatable bonds is 5. The van der Waals surface area contributed by atoms with Gasteiger partial charge < -0.3 is 4.90 Å². The lowest BCUT2D eigenvalue weighted by Crippen LogP contribution is -2.27. The molecule has 1 nitrogen and oxygen atoms in total. The van der Waals surface area contributed by atoms with Crippen molar-refractivity contribution in [1.82, 2.24) is 4.90 Å². The molecule has 0 radical (unpaired) electrons. The average Bonchev–Trinajstić information content (AvgIpc) is 2.71. The molecule has 60 valence electrons. The van der Waals surface area contributed by atoms with Gasteiger partial charge >= 0.3 is 0 Å². The van der Waals surface area contributed by atoms with Crippen molar-refractivity contribution in [2.45, 2.75) is 19.8 Å². The molecule has 0 unspecified atom stereocenters. The van der Waals surface area contributed by atoms with Crippen LogP contribution in [0.15, 0.2) is 0 Å². The van der Waals surface area contributed by atoms with E-state index in [1.54, 1.807) is 0 Å². The van der Waals surface area contributed by atoms with Gasteiger partial charge in [-0.25, -0.2) is 0 Å². The summed E-state index contributed by atoms with van der Waals surface area (Å²) in [7, 11) is 0. The fraction of sp³-hybridized carbons (Fsp3) is 1.00. The van der Waals surface area contributed by atoms with Gasteiger partial charge in [-0.1, -0.05) is 6.92 Å². The van der Waals surface area contributed by atoms with Crippen molar-refractivity contribution in [1.29, 1.82) is 0 Å². The Bertz CT molecular complexity index is 91.3. The molecule has 0 amide bonds. The lowest BCUT2D eigenvalue weighted by atomic mass is 10.3. The Balaban J connectivity index is 2.05. The third-order valence-corrected chi connectivity index (χ3v) is 2.23. The zero-order valence-electron chi connectivity index (χ0n) is 6.65. The van der Waals surface area contributed by atoms with Crippen LogP contribution in [0.25, 0.3) is 0 Å². The smallest absolute Gasteiger partial charge is 0.0351 e. The van der Waals surface area contributed by atoms with Crippen LogP contribution in [0.3, 0.4) is 0 Å². The van der Waals surface area contributed by atoms with E-state index in [4.69, 9.17) is 11.6 Å². The molecular formula is C8H16ClN. The van der Waals surface area contributed by atoms with E-state index in [1.807, 2.05) is 0 Å². The molecule has 0 aromatic rings. The maximum atomic E-state index is 5.64. The average molecular weight is 162 g/mol. The second-order valence-corrected chi connectivity index (χ2v) is 3.40. The Kier molecular flexibility index (Phi) is 3.50. The fourth-order valence-corrected chi connectivity index (χ4v) is 1.40. The van der Waals surface area contributed by atoms with Crippen LogP contribution in [-0.4, -0.2) is 30.4 Å². The third-order valence-electron chi connectivity index (χ3n) is 2.06. The molecular weight excluding hydrogens is 146 g/mol. The largest absolute Gasteiger partial charge is 0.302 e. The zero-order valence-corrected chi connectivity index (χ0v) is 7.40. The molecule has 0 saturated heterocycles. The lowest BCUT2D eigenvalue weighted by molar-refractivity contribution is 0.293. The molecule has 0 N–H and O–H groups in total. The standard InChI is InChI=1S/C8H16ClN/c1-2-10(6-5-9)7-8-3-4-8/h8H,2-7H2,1H3. The van der Waals surface area contributed by atoms with E-state index in [2.05, 4.69) is 11.8 Å². The van der Waals surface area contributed by atoms with E-state index >= 15 is 0 Å². The second-order valence-electron chi connectivity index (χ2n) is 3.03. The minimum absolute atomic E-state index is 0.778. The minimum Gasteiger partial charge on any atom is -0.302 e. The van der Waals surface area contributed by atoms with Crippen molar-refractivity contribution in [3.05, 3.63) is 0 Å². The summed E-state index contributed by atoms with van der Waals surface area (Å²) in [6.45, 7) is 5.70. The fourth-order valence-electron chi connectivity index (χ4n) is 1.16. The van der Waals surface area contributed by atoms with Gasteiger partial charge in [-0.15, -0.1) is 11.6 Å². The summed E-state index contributed by atoms with van der Waals surface area (Å²) >= 11 is 5.64. The van der Waals surface area contributed by atoms with Gasteiger partial charge in [0.1, 0.15) is 0 Å². The Morgan fingerprint density at radius 3 is 2.60 bits per heavy atom. The van der Waals surface area contributed by atoms with Crippen LogP contribution in [0.2, 0.25) is 0 Å². The first-order valence-electron chi connectivity index (χ1n) is 4.15. The number of hydrogen-bond acceptors (Lipinski definition) is 1. The van der Waals surface area contributed by atoms with E-state index in [1.165, 1.54) is 19.4 Å². The Morgan fingerprint density at radius 2 is 2.20 bits per heavy atom. The van der Waals surface area contributed by atoms with Crippen LogP contribution < -0.4 is 0 Å². The molecule has 0 bridgehead atoms. The molecule has 1 fully saturated rings. The van der Waals surface area contributed by atoms with Gasteiger partial charge in [0.2, 0.25) is 0 Å². The third kappa shape index (κ3) is 2.89. The van der Waals surface area contributed by atoms with Gasteiger partial charge in [-0.3, -0.25) is 0 Å². The highest BCUT2D eigenvalue weighted by Gasteiger charge is 2.22. The van der Waals surface area contributed by atoms with Crippen molar-refractivity contribution < 1.29 is 0 Å². The lowest BCUT2D eigenvalue weighted by Gasteiger charge is -2.17. The first-order valence-corrected chi connectivity index (χ1v) is 4.68. The van der Waals surface area contributed by atoms with E-state index in [0.717, 1.165) is 24.9 Å². The van der Waals surface area contributed by atoms with Gasteiger partial charge in [0.15, 0.2) is 0 Å². The number of halogens is 1. The molecule has 0 aromatic heterocycles. The van der Waals surface area contributed by atoms with Crippen molar-refractivity contribution >= 4 is 11.6 Å². The molecule has 0 aromatic carbocycles. The van der Waals surface area contributed by atoms with Crippen LogP contribution >= 0.6 is 11.6 Å². The summed E-state index contributed by atoms with van der Waals surface area (Å²) in [6.07, 6.45) is 2.89. The Labute approximate surface area is 68.4 Å². The number of hydrogen-bond donors (Lipinski definition) is 0. The van der Waals surface area contributed by atoms with Crippen molar-refractivity contribution in [2.24, 2.45) is 5.92 Å². The summed E-state index contributed by atoms with van der Waals surface area (Å²) in [5, 5.41) is 0. The summed E-state index contributed by atoms with van der Waals surface area (Å²) in [5.74, 6) is 1.78. The van der Waals surface area contributed by atoms with Gasteiger partial charge in [-0.05, 0) is 25.3 Å². The van der Waals surface area contributed by atoms with E-state index in [0.29, 0.717) is 0 Å². The van der Waals surface area contributed by atoms with E-state index in [-0.39, 0.29) is 0 Å². The molecule has 1 aliphatic rings. The molecule has 10 heavy (non-hydrogen) atoms. The van der Waals surface area contributed by atoms with Gasteiger partial charge in [0.05, 0.1) is 0 Å². The zero-order chi connectivity index (χ0) is 7.40. The molecule has 0 heterocycles. The Hall–Kier alpha value is 0.250. The van der Waals surface area contributed by atoms with E-state index < -0.39 is 0 Å². The predicted molar refractivity (Wildman–Crippen MR) is 45.6 cm³/mol. The van der Waals surface area contributed by atoms with Crippen molar-refractivity contribution in [2.75, 3.05) is 25.5 Å². The minimum atomic E-state index is 0.778. The second kappa shape index (κ2) is 4.20. The summed E-state index contributed by atoms with van der Waals surface area (Å²) < 4.78 is 0. The number of nitrogens with zero attached hydrogens (tertiary/aromatic N) is 1. The highest BCUT2D eigenvalue weighted by Crippen LogP contribution is 2.29. The maximum Gasteiger partial charge on any atom is 0.0351 e. The van der Waals surface area contributed by atoms with Crippen LogP contribution in [0, 0.1) is 5.92 Å². The first-order chi connectivity index (χ1) is 4.86.